The van der Waals surface area contributed by atoms with Crippen LogP contribution in [0, 0.1) is 6.92 Å². The van der Waals surface area contributed by atoms with E-state index in [2.05, 4.69) is 15.2 Å². The highest BCUT2D eigenvalue weighted by atomic mass is 35.5. The lowest BCUT2D eigenvalue weighted by atomic mass is 10.1. The maximum absolute atomic E-state index is 13.6. The smallest absolute Gasteiger partial charge is 0.265 e. The number of hydrogen-bond acceptors (Lipinski definition) is 5. The number of carbonyl (C=O) groups excluding carboxylic acids is 2. The number of H-pyrrole nitrogens is 1. The zero-order chi connectivity index (χ0) is 26.9. The molecule has 39 heavy (non-hydrogen) atoms. The van der Waals surface area contributed by atoms with E-state index in [4.69, 9.17) is 16.0 Å². The van der Waals surface area contributed by atoms with E-state index >= 15 is 0 Å². The molecule has 6 rings (SSSR count). The summed E-state index contributed by atoms with van der Waals surface area (Å²) in [6.07, 6.45) is 1.73. The molecule has 0 unspecified atom stereocenters. The first-order valence-electron chi connectivity index (χ1n) is 12.2. The van der Waals surface area contributed by atoms with Gasteiger partial charge in [-0.2, -0.15) is 5.10 Å². The lowest BCUT2D eigenvalue weighted by Crippen LogP contribution is -2.37. The number of fused-ring (bicyclic) bond motifs is 1. The molecule has 0 bridgehead atoms. The second kappa shape index (κ2) is 10.0. The standard InChI is InChI=1S/C31H21ClN4O3/c1-19-6-5-9-26-27(19)34-29(39-26)25-18-33-35-28(25)20-12-16-24(17-13-20)36(30(37)21-7-3-2-4-8-21)31(38)22-10-14-23(32)15-11-22/h2-18H,1H3,(H,33,35). The molecule has 0 spiro atoms. The molecule has 0 aliphatic carbocycles. The number of aryl methyl sites for hydroxylation is 1. The van der Waals surface area contributed by atoms with Gasteiger partial charge in [0.15, 0.2) is 5.58 Å². The maximum Gasteiger partial charge on any atom is 0.265 e. The van der Waals surface area contributed by atoms with Crippen molar-refractivity contribution in [1.82, 2.24) is 15.2 Å². The minimum absolute atomic E-state index is 0.341. The minimum Gasteiger partial charge on any atom is -0.436 e. The first-order valence-corrected chi connectivity index (χ1v) is 12.6. The molecule has 0 saturated heterocycles. The van der Waals surface area contributed by atoms with Crippen LogP contribution in [0.4, 0.5) is 5.69 Å². The van der Waals surface area contributed by atoms with E-state index in [0.29, 0.717) is 44.6 Å². The number of nitrogens with one attached hydrogen (secondary N) is 1. The average molecular weight is 533 g/mol. The van der Waals surface area contributed by atoms with Crippen LogP contribution >= 0.6 is 11.6 Å². The van der Waals surface area contributed by atoms with Crippen LogP contribution in [0.25, 0.3) is 33.8 Å². The van der Waals surface area contributed by atoms with Gasteiger partial charge in [-0.05, 0) is 67.1 Å². The highest BCUT2D eigenvalue weighted by Gasteiger charge is 2.26. The molecule has 0 saturated carbocycles. The van der Waals surface area contributed by atoms with Gasteiger partial charge >= 0.3 is 0 Å². The predicted octanol–water partition coefficient (Wildman–Crippen LogP) is 7.33. The lowest BCUT2D eigenvalue weighted by molar-refractivity contribution is 0.0897. The number of aromatic amines is 1. The van der Waals surface area contributed by atoms with Crippen molar-refractivity contribution in [1.29, 1.82) is 0 Å². The van der Waals surface area contributed by atoms with Gasteiger partial charge in [0.05, 0.1) is 11.3 Å². The largest absolute Gasteiger partial charge is 0.436 e. The Labute approximate surface area is 228 Å². The number of aromatic nitrogens is 3. The number of carbonyl (C=O) groups is 2. The highest BCUT2D eigenvalue weighted by Crippen LogP contribution is 2.33. The first-order chi connectivity index (χ1) is 19.0. The van der Waals surface area contributed by atoms with Crippen molar-refractivity contribution in [3.8, 4) is 22.7 Å². The fraction of sp³-hybridized carbons (Fsp3) is 0.0323. The van der Waals surface area contributed by atoms with Crippen molar-refractivity contribution in [2.24, 2.45) is 0 Å². The lowest BCUT2D eigenvalue weighted by Gasteiger charge is -2.21. The van der Waals surface area contributed by atoms with Crippen molar-refractivity contribution in [2.75, 3.05) is 4.90 Å². The summed E-state index contributed by atoms with van der Waals surface area (Å²) >= 11 is 6.01. The van der Waals surface area contributed by atoms with Crippen LogP contribution < -0.4 is 4.90 Å². The summed E-state index contributed by atoms with van der Waals surface area (Å²) in [7, 11) is 0. The number of amides is 2. The van der Waals surface area contributed by atoms with Gasteiger partial charge in [0.25, 0.3) is 11.8 Å². The van der Waals surface area contributed by atoms with Crippen LogP contribution in [0.1, 0.15) is 26.3 Å². The van der Waals surface area contributed by atoms with E-state index in [1.807, 2.05) is 43.3 Å². The Balaban J connectivity index is 1.37. The van der Waals surface area contributed by atoms with Gasteiger partial charge in [0.2, 0.25) is 5.89 Å². The Morgan fingerprint density at radius 1 is 0.821 bits per heavy atom. The highest BCUT2D eigenvalue weighted by molar-refractivity contribution is 6.31. The Morgan fingerprint density at radius 3 is 2.21 bits per heavy atom. The van der Waals surface area contributed by atoms with E-state index in [1.54, 1.807) is 66.9 Å². The summed E-state index contributed by atoms with van der Waals surface area (Å²) in [4.78, 5) is 32.9. The molecule has 2 amide bonds. The summed E-state index contributed by atoms with van der Waals surface area (Å²) in [6, 6.07) is 28.0. The van der Waals surface area contributed by atoms with Crippen molar-refractivity contribution in [3.05, 3.63) is 125 Å². The number of para-hydroxylation sites is 1. The van der Waals surface area contributed by atoms with Gasteiger partial charge in [0, 0.05) is 27.9 Å². The van der Waals surface area contributed by atoms with E-state index in [1.165, 1.54) is 0 Å². The van der Waals surface area contributed by atoms with Crippen LogP contribution in [0.3, 0.4) is 0 Å². The molecule has 190 valence electrons. The van der Waals surface area contributed by atoms with Crippen molar-refractivity contribution < 1.29 is 14.0 Å². The molecule has 0 fully saturated rings. The van der Waals surface area contributed by atoms with Crippen molar-refractivity contribution in [2.45, 2.75) is 6.92 Å². The summed E-state index contributed by atoms with van der Waals surface area (Å²) in [6.45, 7) is 1.98. The van der Waals surface area contributed by atoms with Gasteiger partial charge in [-0.1, -0.05) is 54.1 Å². The molecule has 6 aromatic rings. The number of nitrogens with zero attached hydrogens (tertiary/aromatic N) is 3. The number of imide groups is 1. The molecule has 2 aromatic heterocycles. The number of rotatable bonds is 5. The van der Waals surface area contributed by atoms with Crippen LogP contribution in [0.5, 0.6) is 0 Å². The second-order valence-electron chi connectivity index (χ2n) is 8.95. The number of benzene rings is 4. The zero-order valence-corrected chi connectivity index (χ0v) is 21.5. The number of anilines is 1. The number of hydrogen-bond donors (Lipinski definition) is 1. The fourth-order valence-electron chi connectivity index (χ4n) is 4.40. The topological polar surface area (TPSA) is 92.1 Å². The number of halogens is 1. The van der Waals surface area contributed by atoms with E-state index in [-0.39, 0.29) is 0 Å². The van der Waals surface area contributed by atoms with E-state index in [9.17, 15) is 9.59 Å². The minimum atomic E-state index is -0.462. The number of oxazole rings is 1. The molecule has 0 aliphatic rings. The molecule has 0 radical (unpaired) electrons. The maximum atomic E-state index is 13.6. The fourth-order valence-corrected chi connectivity index (χ4v) is 4.53. The van der Waals surface area contributed by atoms with Gasteiger partial charge in [-0.25, -0.2) is 9.88 Å². The van der Waals surface area contributed by atoms with Gasteiger partial charge in [-0.3, -0.25) is 14.7 Å². The normalized spacial score (nSPS) is 11.0. The van der Waals surface area contributed by atoms with Crippen LogP contribution in [-0.4, -0.2) is 27.0 Å². The summed E-state index contributed by atoms with van der Waals surface area (Å²) in [5.74, 6) is -0.452. The summed E-state index contributed by atoms with van der Waals surface area (Å²) < 4.78 is 6.01. The molecule has 0 atom stereocenters. The second-order valence-corrected chi connectivity index (χ2v) is 9.39. The summed E-state index contributed by atoms with van der Waals surface area (Å²) in [5.41, 5.74) is 5.77. The van der Waals surface area contributed by atoms with Crippen molar-refractivity contribution in [3.63, 3.8) is 0 Å². The van der Waals surface area contributed by atoms with Gasteiger partial charge in [-0.15, -0.1) is 0 Å². The monoisotopic (exact) mass is 532 g/mol. The third kappa shape index (κ3) is 4.60. The van der Waals surface area contributed by atoms with Crippen molar-refractivity contribution >= 4 is 40.2 Å². The Morgan fingerprint density at radius 2 is 1.51 bits per heavy atom. The predicted molar refractivity (Wildman–Crippen MR) is 151 cm³/mol. The molecular formula is C31H21ClN4O3. The van der Waals surface area contributed by atoms with Gasteiger partial charge < -0.3 is 4.42 Å². The molecule has 0 aliphatic heterocycles. The Kier molecular flexibility index (Phi) is 6.26. The molecule has 4 aromatic carbocycles. The first kappa shape index (κ1) is 24.3. The SMILES string of the molecule is Cc1cccc2oc(-c3c[nH]nc3-c3ccc(N(C(=O)c4ccccc4)C(=O)c4ccc(Cl)cc4)cc3)nc12. The average Bonchev–Trinajstić information content (AvgIpc) is 3.63. The Bertz CT molecular complexity index is 1810. The third-order valence-electron chi connectivity index (χ3n) is 6.41. The molecule has 8 heteroatoms. The summed E-state index contributed by atoms with van der Waals surface area (Å²) in [5, 5.41) is 7.82. The molecule has 2 heterocycles. The van der Waals surface area contributed by atoms with Crippen LogP contribution in [0.2, 0.25) is 5.02 Å². The zero-order valence-electron chi connectivity index (χ0n) is 20.8. The quantitative estimate of drug-likeness (QED) is 0.235. The molecular weight excluding hydrogens is 512 g/mol. The van der Waals surface area contributed by atoms with Crippen LogP contribution in [-0.2, 0) is 0 Å². The molecule has 1 N–H and O–H groups in total. The molecule has 7 nitrogen and oxygen atoms in total. The van der Waals surface area contributed by atoms with Crippen LogP contribution in [0.15, 0.2) is 108 Å². The van der Waals surface area contributed by atoms with Gasteiger partial charge in [0.1, 0.15) is 11.2 Å². The van der Waals surface area contributed by atoms with E-state index < -0.39 is 11.8 Å². The third-order valence-corrected chi connectivity index (χ3v) is 6.66. The Hall–Kier alpha value is -5.01. The van der Waals surface area contributed by atoms with E-state index in [0.717, 1.165) is 21.5 Å².